The van der Waals surface area contributed by atoms with E-state index in [4.69, 9.17) is 5.26 Å². The van der Waals surface area contributed by atoms with Crippen LogP contribution in [0.15, 0.2) is 67.0 Å². The molecule has 0 N–H and O–H groups in total. The van der Waals surface area contributed by atoms with Crippen LogP contribution >= 0.6 is 0 Å². The predicted molar refractivity (Wildman–Crippen MR) is 131 cm³/mol. The first kappa shape index (κ1) is 22.6. The number of aromatic nitrogens is 2. The Bertz CT molecular complexity index is 1260. The minimum absolute atomic E-state index is 0.140. The zero-order valence-electron chi connectivity index (χ0n) is 19.0. The van der Waals surface area contributed by atoms with Crippen molar-refractivity contribution in [2.75, 3.05) is 0 Å². The number of hydrogen-bond acceptors (Lipinski definition) is 3. The minimum atomic E-state index is -0.140. The van der Waals surface area contributed by atoms with E-state index in [0.717, 1.165) is 60.0 Å². The molecule has 0 aliphatic rings. The van der Waals surface area contributed by atoms with Crippen molar-refractivity contribution in [2.45, 2.75) is 51.9 Å². The van der Waals surface area contributed by atoms with Gasteiger partial charge in [0.05, 0.1) is 11.6 Å². The molecule has 0 radical (unpaired) electrons. The summed E-state index contributed by atoms with van der Waals surface area (Å²) in [5.74, 6) is 0.707. The third-order valence-electron chi connectivity index (χ3n) is 6.08. The van der Waals surface area contributed by atoms with E-state index in [0.29, 0.717) is 17.4 Å². The average molecular weight is 438 g/mol. The van der Waals surface area contributed by atoms with E-state index in [-0.39, 0.29) is 5.82 Å². The number of nitrogens with zero attached hydrogens (tertiary/aromatic N) is 3. The van der Waals surface area contributed by atoms with E-state index in [1.54, 1.807) is 12.1 Å². The van der Waals surface area contributed by atoms with Crippen LogP contribution < -0.4 is 0 Å². The molecule has 0 fully saturated rings. The molecule has 4 heteroatoms. The summed E-state index contributed by atoms with van der Waals surface area (Å²) in [5.41, 5.74) is 4.81. The van der Waals surface area contributed by atoms with Crippen LogP contribution in [0.25, 0.3) is 10.8 Å². The van der Waals surface area contributed by atoms with Crippen molar-refractivity contribution in [1.29, 1.82) is 5.26 Å². The van der Waals surface area contributed by atoms with Crippen LogP contribution in [0.4, 0.5) is 4.39 Å². The van der Waals surface area contributed by atoms with E-state index < -0.39 is 0 Å². The average Bonchev–Trinajstić information content (AvgIpc) is 2.86. The van der Waals surface area contributed by atoms with Crippen molar-refractivity contribution >= 4 is 10.8 Å². The van der Waals surface area contributed by atoms with Gasteiger partial charge >= 0.3 is 0 Å². The number of aryl methyl sites for hydroxylation is 5. The van der Waals surface area contributed by atoms with Crippen LogP contribution in [0.1, 0.15) is 53.4 Å². The number of benzene rings is 3. The molecule has 1 heterocycles. The van der Waals surface area contributed by atoms with E-state index >= 15 is 4.39 Å². The van der Waals surface area contributed by atoms with Crippen LogP contribution in [-0.4, -0.2) is 9.97 Å². The molecule has 0 saturated carbocycles. The molecule has 3 nitrogen and oxygen atoms in total. The molecule has 0 saturated heterocycles. The zero-order chi connectivity index (χ0) is 23.0. The highest BCUT2D eigenvalue weighted by Crippen LogP contribution is 2.24. The van der Waals surface area contributed by atoms with Gasteiger partial charge in [-0.25, -0.2) is 14.4 Å². The lowest BCUT2D eigenvalue weighted by Crippen LogP contribution is -2.00. The lowest BCUT2D eigenvalue weighted by Gasteiger charge is -2.09. The summed E-state index contributed by atoms with van der Waals surface area (Å²) >= 11 is 0. The Balaban J connectivity index is 1.40. The molecule has 3 aromatic carbocycles. The van der Waals surface area contributed by atoms with Crippen LogP contribution in [0.5, 0.6) is 0 Å². The van der Waals surface area contributed by atoms with Gasteiger partial charge in [-0.15, -0.1) is 0 Å². The maximum Gasteiger partial charge on any atom is 0.134 e. The Morgan fingerprint density at radius 3 is 2.24 bits per heavy atom. The van der Waals surface area contributed by atoms with Gasteiger partial charge in [-0.3, -0.25) is 0 Å². The van der Waals surface area contributed by atoms with Gasteiger partial charge in [0.2, 0.25) is 0 Å². The lowest BCUT2D eigenvalue weighted by atomic mass is 9.98. The van der Waals surface area contributed by atoms with Crippen LogP contribution in [0.3, 0.4) is 0 Å². The molecule has 0 spiro atoms. The first-order chi connectivity index (χ1) is 16.2. The molecule has 0 aliphatic heterocycles. The highest BCUT2D eigenvalue weighted by atomic mass is 19.1. The summed E-state index contributed by atoms with van der Waals surface area (Å²) in [6.45, 7) is 2.18. The normalized spacial score (nSPS) is 10.9. The summed E-state index contributed by atoms with van der Waals surface area (Å²) in [6.07, 6.45) is 10.2. The molecule has 4 rings (SSSR count). The Morgan fingerprint density at radius 2 is 1.52 bits per heavy atom. The van der Waals surface area contributed by atoms with E-state index in [1.807, 2.05) is 48.8 Å². The van der Waals surface area contributed by atoms with Gasteiger partial charge in [-0.05, 0) is 71.9 Å². The van der Waals surface area contributed by atoms with E-state index in [1.165, 1.54) is 12.0 Å². The van der Waals surface area contributed by atoms with Gasteiger partial charge in [0.15, 0.2) is 0 Å². The number of unbranched alkanes of at least 4 members (excludes halogenated alkanes) is 1. The second kappa shape index (κ2) is 10.8. The first-order valence-corrected chi connectivity index (χ1v) is 11.6. The van der Waals surface area contributed by atoms with Gasteiger partial charge < -0.3 is 0 Å². The standard InChI is InChI=1S/C29H28FN3/c1-2-3-4-24-19-32-28(33-20-24)16-11-22-10-15-27-26(17-22)14-13-25(29(27)30)12-9-21-5-7-23(18-31)8-6-21/h5-8,10,13-15,17,19-20H,2-4,9,11-12,16H2,1H3. The number of rotatable bonds is 9. The summed E-state index contributed by atoms with van der Waals surface area (Å²) in [7, 11) is 0. The van der Waals surface area contributed by atoms with Crippen LogP contribution in [-0.2, 0) is 32.1 Å². The maximum absolute atomic E-state index is 15.1. The molecular weight excluding hydrogens is 409 g/mol. The van der Waals surface area contributed by atoms with E-state index in [9.17, 15) is 0 Å². The highest BCUT2D eigenvalue weighted by molar-refractivity contribution is 5.84. The van der Waals surface area contributed by atoms with Crippen LogP contribution in [0, 0.1) is 17.1 Å². The van der Waals surface area contributed by atoms with E-state index in [2.05, 4.69) is 29.0 Å². The summed E-state index contributed by atoms with van der Waals surface area (Å²) in [5, 5.41) is 10.5. The smallest absolute Gasteiger partial charge is 0.134 e. The third kappa shape index (κ3) is 5.81. The zero-order valence-corrected chi connectivity index (χ0v) is 19.0. The van der Waals surface area contributed by atoms with Crippen molar-refractivity contribution in [3.05, 3.63) is 106 Å². The fourth-order valence-corrected chi connectivity index (χ4v) is 4.04. The van der Waals surface area contributed by atoms with Crippen LogP contribution in [0.2, 0.25) is 0 Å². The fraction of sp³-hybridized carbons (Fsp3) is 0.276. The number of fused-ring (bicyclic) bond motifs is 1. The predicted octanol–water partition coefficient (Wildman–Crippen LogP) is 6.55. The molecule has 33 heavy (non-hydrogen) atoms. The molecule has 1 aromatic heterocycles. The summed E-state index contributed by atoms with van der Waals surface area (Å²) in [4.78, 5) is 9.01. The summed E-state index contributed by atoms with van der Waals surface area (Å²) in [6, 6.07) is 19.5. The lowest BCUT2D eigenvalue weighted by molar-refractivity contribution is 0.620. The van der Waals surface area contributed by atoms with Gasteiger partial charge in [0.25, 0.3) is 0 Å². The molecule has 0 unspecified atom stereocenters. The summed E-state index contributed by atoms with van der Waals surface area (Å²) < 4.78 is 15.1. The van der Waals surface area contributed by atoms with Crippen molar-refractivity contribution in [2.24, 2.45) is 0 Å². The molecule has 0 bridgehead atoms. The number of hydrogen-bond donors (Lipinski definition) is 0. The first-order valence-electron chi connectivity index (χ1n) is 11.6. The number of halogens is 1. The maximum atomic E-state index is 15.1. The Morgan fingerprint density at radius 1 is 0.788 bits per heavy atom. The number of nitriles is 1. The van der Waals surface area contributed by atoms with Crippen molar-refractivity contribution in [3.8, 4) is 6.07 Å². The van der Waals surface area contributed by atoms with Gasteiger partial charge in [-0.1, -0.05) is 55.8 Å². The highest BCUT2D eigenvalue weighted by Gasteiger charge is 2.09. The second-order valence-electron chi connectivity index (χ2n) is 8.51. The topological polar surface area (TPSA) is 49.6 Å². The molecule has 0 aliphatic carbocycles. The molecule has 0 amide bonds. The molecular formula is C29H28FN3. The van der Waals surface area contributed by atoms with Gasteiger partial charge in [-0.2, -0.15) is 5.26 Å². The Hall–Kier alpha value is -3.58. The van der Waals surface area contributed by atoms with Crippen molar-refractivity contribution < 1.29 is 4.39 Å². The molecule has 0 atom stereocenters. The largest absolute Gasteiger partial charge is 0.241 e. The van der Waals surface area contributed by atoms with Gasteiger partial charge in [0.1, 0.15) is 11.6 Å². The monoisotopic (exact) mass is 437 g/mol. The third-order valence-corrected chi connectivity index (χ3v) is 6.08. The minimum Gasteiger partial charge on any atom is -0.241 e. The SMILES string of the molecule is CCCCc1cnc(CCc2ccc3c(F)c(CCc4ccc(C#N)cc4)ccc3c2)nc1. The Labute approximate surface area is 195 Å². The second-order valence-corrected chi connectivity index (χ2v) is 8.51. The molecule has 166 valence electrons. The quantitative estimate of drug-likeness (QED) is 0.298. The fourth-order valence-electron chi connectivity index (χ4n) is 4.04. The van der Waals surface area contributed by atoms with Crippen molar-refractivity contribution in [3.63, 3.8) is 0 Å². The van der Waals surface area contributed by atoms with Crippen molar-refractivity contribution in [1.82, 2.24) is 9.97 Å². The van der Waals surface area contributed by atoms with Gasteiger partial charge in [0, 0.05) is 24.2 Å². The Kier molecular flexibility index (Phi) is 7.42. The molecule has 4 aromatic rings.